The summed E-state index contributed by atoms with van der Waals surface area (Å²) in [4.78, 5) is 22.1. The van der Waals surface area contributed by atoms with Crippen LogP contribution in [-0.2, 0) is 4.79 Å². The molecule has 1 aliphatic carbocycles. The second kappa shape index (κ2) is 6.71. The number of hydrogen-bond acceptors (Lipinski definition) is 5. The predicted molar refractivity (Wildman–Crippen MR) is 76.0 cm³/mol. The summed E-state index contributed by atoms with van der Waals surface area (Å²) in [7, 11) is 0. The van der Waals surface area contributed by atoms with Crippen LogP contribution in [0, 0.1) is 10.1 Å². The fourth-order valence-corrected chi connectivity index (χ4v) is 2.87. The number of thioether (sulfide) groups is 1. The lowest BCUT2D eigenvalue weighted by molar-refractivity contribution is -0.387. The van der Waals surface area contributed by atoms with Gasteiger partial charge in [-0.3, -0.25) is 14.9 Å². The van der Waals surface area contributed by atoms with Crippen molar-refractivity contribution in [3.63, 3.8) is 0 Å². The molecule has 0 aliphatic heterocycles. The number of nitro groups is 1. The van der Waals surface area contributed by atoms with Gasteiger partial charge in [0.05, 0.1) is 9.82 Å². The molecular formula is C13H16N2O4S. The van der Waals surface area contributed by atoms with Crippen LogP contribution >= 0.6 is 11.8 Å². The van der Waals surface area contributed by atoms with E-state index in [0.717, 1.165) is 12.8 Å². The second-order valence-electron chi connectivity index (χ2n) is 4.69. The number of benzene rings is 1. The molecule has 7 heteroatoms. The normalized spacial score (nSPS) is 15.8. The Morgan fingerprint density at radius 2 is 2.20 bits per heavy atom. The number of para-hydroxylation sites is 1. The van der Waals surface area contributed by atoms with Gasteiger partial charge >= 0.3 is 5.97 Å². The standard InChI is InChI=1S/C13H16N2O4S/c16-13(17)10(14-9-5-6-9)7-8-20-12-4-2-1-3-11(12)15(18)19/h1-4,9-10,14H,5-8H2,(H,16,17). The summed E-state index contributed by atoms with van der Waals surface area (Å²) in [5.41, 5.74) is 0.0690. The first-order valence-corrected chi connectivity index (χ1v) is 7.41. The van der Waals surface area contributed by atoms with Crippen molar-refractivity contribution in [3.8, 4) is 0 Å². The lowest BCUT2D eigenvalue weighted by Gasteiger charge is -2.13. The number of nitro benzene ring substituents is 1. The van der Waals surface area contributed by atoms with E-state index in [1.807, 2.05) is 0 Å². The van der Waals surface area contributed by atoms with Crippen molar-refractivity contribution < 1.29 is 14.8 Å². The summed E-state index contributed by atoms with van der Waals surface area (Å²) >= 11 is 1.32. The summed E-state index contributed by atoms with van der Waals surface area (Å²) in [6.07, 6.45) is 2.50. The molecule has 0 spiro atoms. The highest BCUT2D eigenvalue weighted by atomic mass is 32.2. The number of nitrogens with zero attached hydrogens (tertiary/aromatic N) is 1. The van der Waals surface area contributed by atoms with Gasteiger partial charge < -0.3 is 10.4 Å². The molecule has 0 bridgehead atoms. The minimum Gasteiger partial charge on any atom is -0.480 e. The van der Waals surface area contributed by atoms with Crippen molar-refractivity contribution in [3.05, 3.63) is 34.4 Å². The van der Waals surface area contributed by atoms with E-state index >= 15 is 0 Å². The van der Waals surface area contributed by atoms with Crippen LogP contribution in [0.2, 0.25) is 0 Å². The Labute approximate surface area is 120 Å². The lowest BCUT2D eigenvalue weighted by Crippen LogP contribution is -2.38. The van der Waals surface area contributed by atoms with E-state index in [1.54, 1.807) is 18.2 Å². The van der Waals surface area contributed by atoms with Gasteiger partial charge in [-0.2, -0.15) is 0 Å². The van der Waals surface area contributed by atoms with E-state index in [-0.39, 0.29) is 5.69 Å². The SMILES string of the molecule is O=C(O)C(CCSc1ccccc1[N+](=O)[O-])NC1CC1. The van der Waals surface area contributed by atoms with Crippen LogP contribution in [0.1, 0.15) is 19.3 Å². The minimum absolute atomic E-state index is 0.0690. The highest BCUT2D eigenvalue weighted by molar-refractivity contribution is 7.99. The zero-order valence-corrected chi connectivity index (χ0v) is 11.6. The van der Waals surface area contributed by atoms with Crippen LogP contribution in [0.25, 0.3) is 0 Å². The first kappa shape index (κ1) is 14.8. The van der Waals surface area contributed by atoms with Gasteiger partial charge in [-0.25, -0.2) is 0 Å². The molecule has 2 N–H and O–H groups in total. The maximum absolute atomic E-state index is 11.1. The summed E-state index contributed by atoms with van der Waals surface area (Å²) in [5.74, 6) is -0.332. The Balaban J connectivity index is 1.88. The van der Waals surface area contributed by atoms with Crippen LogP contribution in [0.15, 0.2) is 29.2 Å². The summed E-state index contributed by atoms with van der Waals surface area (Å²) in [6.45, 7) is 0. The minimum atomic E-state index is -0.861. The Kier molecular flexibility index (Phi) is 4.97. The molecule has 1 atom stereocenters. The van der Waals surface area contributed by atoms with Crippen molar-refractivity contribution in [1.29, 1.82) is 0 Å². The molecule has 20 heavy (non-hydrogen) atoms. The average molecular weight is 296 g/mol. The molecule has 1 aromatic carbocycles. The molecule has 1 aromatic rings. The van der Waals surface area contributed by atoms with E-state index in [2.05, 4.69) is 5.32 Å². The van der Waals surface area contributed by atoms with Crippen LogP contribution in [0.4, 0.5) is 5.69 Å². The molecule has 1 fully saturated rings. The topological polar surface area (TPSA) is 92.5 Å². The first-order chi connectivity index (χ1) is 9.58. The van der Waals surface area contributed by atoms with Crippen molar-refractivity contribution in [1.82, 2.24) is 5.32 Å². The number of aliphatic carboxylic acids is 1. The van der Waals surface area contributed by atoms with Crippen molar-refractivity contribution in [2.45, 2.75) is 36.2 Å². The average Bonchev–Trinajstić information content (AvgIpc) is 3.21. The quantitative estimate of drug-likeness (QED) is 0.434. The van der Waals surface area contributed by atoms with Gasteiger partial charge in [0, 0.05) is 17.9 Å². The van der Waals surface area contributed by atoms with Crippen molar-refractivity contribution >= 4 is 23.4 Å². The van der Waals surface area contributed by atoms with Gasteiger partial charge in [-0.1, -0.05) is 12.1 Å². The maximum Gasteiger partial charge on any atom is 0.320 e. The number of nitrogens with one attached hydrogen (secondary N) is 1. The molecule has 1 unspecified atom stereocenters. The maximum atomic E-state index is 11.1. The molecule has 0 heterocycles. The van der Waals surface area contributed by atoms with Crippen LogP contribution in [0.3, 0.4) is 0 Å². The highest BCUT2D eigenvalue weighted by Gasteiger charge is 2.28. The fraction of sp³-hybridized carbons (Fsp3) is 0.462. The predicted octanol–water partition coefficient (Wildman–Crippen LogP) is 2.28. The molecule has 2 rings (SSSR count). The van der Waals surface area contributed by atoms with Gasteiger partial charge in [0.1, 0.15) is 6.04 Å². The van der Waals surface area contributed by atoms with Gasteiger partial charge in [-0.15, -0.1) is 11.8 Å². The van der Waals surface area contributed by atoms with Crippen LogP contribution < -0.4 is 5.32 Å². The first-order valence-electron chi connectivity index (χ1n) is 6.43. The number of hydrogen-bond donors (Lipinski definition) is 2. The van der Waals surface area contributed by atoms with E-state index < -0.39 is 16.9 Å². The van der Waals surface area contributed by atoms with Gasteiger partial charge in [0.15, 0.2) is 0 Å². The number of carboxylic acids is 1. The zero-order valence-electron chi connectivity index (χ0n) is 10.8. The molecule has 6 nitrogen and oxygen atoms in total. The van der Waals surface area contributed by atoms with Crippen molar-refractivity contribution in [2.75, 3.05) is 5.75 Å². The molecule has 108 valence electrons. The molecule has 0 amide bonds. The Morgan fingerprint density at radius 1 is 1.50 bits per heavy atom. The van der Waals surface area contributed by atoms with E-state index in [1.165, 1.54) is 17.8 Å². The number of carboxylic acid groups (broad SMARTS) is 1. The third-order valence-electron chi connectivity index (χ3n) is 3.04. The molecule has 0 saturated heterocycles. The molecule has 1 aliphatic rings. The van der Waals surface area contributed by atoms with E-state index in [0.29, 0.717) is 23.1 Å². The third-order valence-corrected chi connectivity index (χ3v) is 4.13. The van der Waals surface area contributed by atoms with Crippen molar-refractivity contribution in [2.24, 2.45) is 0 Å². The molecular weight excluding hydrogens is 280 g/mol. The summed E-state index contributed by atoms with van der Waals surface area (Å²) in [5, 5.41) is 23.0. The van der Waals surface area contributed by atoms with Crippen LogP contribution in [0.5, 0.6) is 0 Å². The summed E-state index contributed by atoms with van der Waals surface area (Å²) < 4.78 is 0. The van der Waals surface area contributed by atoms with Gasteiger partial charge in [-0.05, 0) is 25.3 Å². The Bertz CT molecular complexity index is 505. The smallest absolute Gasteiger partial charge is 0.320 e. The monoisotopic (exact) mass is 296 g/mol. The lowest BCUT2D eigenvalue weighted by atomic mass is 10.2. The van der Waals surface area contributed by atoms with E-state index in [4.69, 9.17) is 5.11 Å². The van der Waals surface area contributed by atoms with E-state index in [9.17, 15) is 14.9 Å². The number of carbonyl (C=O) groups is 1. The third kappa shape index (κ3) is 4.21. The molecule has 0 aromatic heterocycles. The second-order valence-corrected chi connectivity index (χ2v) is 5.83. The van der Waals surface area contributed by atoms with Crippen LogP contribution in [-0.4, -0.2) is 33.8 Å². The largest absolute Gasteiger partial charge is 0.480 e. The summed E-state index contributed by atoms with van der Waals surface area (Å²) in [6, 6.07) is 6.26. The molecule has 0 radical (unpaired) electrons. The zero-order chi connectivity index (χ0) is 14.5. The van der Waals surface area contributed by atoms with Gasteiger partial charge in [0.25, 0.3) is 5.69 Å². The molecule has 1 saturated carbocycles. The Hall–Kier alpha value is -1.60. The Morgan fingerprint density at radius 3 is 2.80 bits per heavy atom. The highest BCUT2D eigenvalue weighted by Crippen LogP contribution is 2.29. The van der Waals surface area contributed by atoms with Gasteiger partial charge in [0.2, 0.25) is 0 Å². The number of rotatable bonds is 8. The fourth-order valence-electron chi connectivity index (χ4n) is 1.83.